The number of aryl methyl sites for hydroxylation is 1. The predicted molar refractivity (Wildman–Crippen MR) is 90.2 cm³/mol. The quantitative estimate of drug-likeness (QED) is 0.780. The molecule has 0 aliphatic carbocycles. The van der Waals surface area contributed by atoms with E-state index in [9.17, 15) is 5.11 Å². The van der Waals surface area contributed by atoms with E-state index in [0.29, 0.717) is 13.1 Å². The van der Waals surface area contributed by atoms with E-state index < -0.39 is 5.60 Å². The van der Waals surface area contributed by atoms with Gasteiger partial charge in [0.1, 0.15) is 5.82 Å². The lowest BCUT2D eigenvalue weighted by Gasteiger charge is -2.38. The molecule has 3 aromatic rings. The third-order valence-electron chi connectivity index (χ3n) is 4.81. The topological polar surface area (TPSA) is 72.0 Å². The van der Waals surface area contributed by atoms with Gasteiger partial charge in [-0.2, -0.15) is 0 Å². The highest BCUT2D eigenvalue weighted by Gasteiger charge is 2.34. The van der Waals surface area contributed by atoms with Crippen molar-refractivity contribution in [2.75, 3.05) is 13.1 Å². The summed E-state index contributed by atoms with van der Waals surface area (Å²) in [6.07, 6.45) is 5.19. The van der Waals surface area contributed by atoms with Crippen LogP contribution in [0.1, 0.15) is 18.7 Å². The number of fused-ring (bicyclic) bond motifs is 1. The Morgan fingerprint density at radius 2 is 2.17 bits per heavy atom. The zero-order chi connectivity index (χ0) is 16.6. The van der Waals surface area contributed by atoms with Crippen LogP contribution in [0.25, 0.3) is 11.0 Å². The zero-order valence-electron chi connectivity index (χ0n) is 13.8. The van der Waals surface area contributed by atoms with Gasteiger partial charge in [-0.1, -0.05) is 17.3 Å². The third-order valence-corrected chi connectivity index (χ3v) is 4.81. The monoisotopic (exact) mass is 326 g/mol. The Hall–Kier alpha value is -2.25. The van der Waals surface area contributed by atoms with E-state index in [2.05, 4.69) is 32.9 Å². The molecule has 2 aromatic heterocycles. The summed E-state index contributed by atoms with van der Waals surface area (Å²) in [6, 6.07) is 8.17. The van der Waals surface area contributed by atoms with Crippen LogP contribution < -0.4 is 0 Å². The summed E-state index contributed by atoms with van der Waals surface area (Å²) in [7, 11) is 2.05. The summed E-state index contributed by atoms with van der Waals surface area (Å²) in [5, 5.41) is 18.7. The van der Waals surface area contributed by atoms with Crippen LogP contribution in [0, 0.1) is 0 Å². The fraction of sp³-hybridized carbons (Fsp3) is 0.471. The van der Waals surface area contributed by atoms with Crippen LogP contribution in [0.15, 0.2) is 36.7 Å². The molecular weight excluding hydrogens is 304 g/mol. The van der Waals surface area contributed by atoms with Gasteiger partial charge in [-0.25, -0.2) is 9.67 Å². The lowest BCUT2D eigenvalue weighted by molar-refractivity contribution is -0.0485. The van der Waals surface area contributed by atoms with E-state index in [1.807, 2.05) is 18.2 Å². The van der Waals surface area contributed by atoms with Gasteiger partial charge < -0.3 is 9.67 Å². The highest BCUT2D eigenvalue weighted by atomic mass is 16.3. The Labute approximate surface area is 140 Å². The van der Waals surface area contributed by atoms with Gasteiger partial charge in [0.15, 0.2) is 0 Å². The van der Waals surface area contributed by atoms with Crippen LogP contribution in [-0.2, 0) is 20.1 Å². The number of benzene rings is 1. The number of aromatic nitrogens is 5. The van der Waals surface area contributed by atoms with E-state index in [0.717, 1.165) is 42.8 Å². The van der Waals surface area contributed by atoms with Crippen LogP contribution in [-0.4, -0.2) is 53.2 Å². The van der Waals surface area contributed by atoms with Crippen molar-refractivity contribution in [2.45, 2.75) is 31.5 Å². The smallest absolute Gasteiger partial charge is 0.123 e. The normalized spacial score (nSPS) is 22.2. The molecule has 0 radical (unpaired) electrons. The average Bonchev–Trinajstić information content (AvgIpc) is 3.16. The first kappa shape index (κ1) is 15.3. The van der Waals surface area contributed by atoms with E-state index in [1.165, 1.54) is 0 Å². The highest BCUT2D eigenvalue weighted by Crippen LogP contribution is 2.24. The predicted octanol–water partition coefficient (Wildman–Crippen LogP) is 1.19. The van der Waals surface area contributed by atoms with Crippen LogP contribution in [0.3, 0.4) is 0 Å². The van der Waals surface area contributed by atoms with Crippen LogP contribution >= 0.6 is 0 Å². The molecule has 1 unspecified atom stereocenters. The molecule has 4 rings (SSSR count). The number of hydrogen-bond acceptors (Lipinski definition) is 5. The second kappa shape index (κ2) is 5.99. The molecule has 0 saturated carbocycles. The van der Waals surface area contributed by atoms with E-state index in [4.69, 9.17) is 4.98 Å². The minimum atomic E-state index is -0.767. The van der Waals surface area contributed by atoms with Crippen LogP contribution in [0.2, 0.25) is 0 Å². The summed E-state index contributed by atoms with van der Waals surface area (Å²) in [5.41, 5.74) is 1.39. The number of hydrogen-bond donors (Lipinski definition) is 1. The minimum Gasteiger partial charge on any atom is -0.387 e. The summed E-state index contributed by atoms with van der Waals surface area (Å²) in [4.78, 5) is 7.02. The second-order valence-corrected chi connectivity index (χ2v) is 6.71. The van der Waals surface area contributed by atoms with Gasteiger partial charge in [0.25, 0.3) is 0 Å². The summed E-state index contributed by atoms with van der Waals surface area (Å²) < 4.78 is 3.85. The molecule has 0 bridgehead atoms. The van der Waals surface area contributed by atoms with Gasteiger partial charge in [-0.05, 0) is 31.5 Å². The molecule has 1 aliphatic heterocycles. The fourth-order valence-electron chi connectivity index (χ4n) is 3.63. The van der Waals surface area contributed by atoms with E-state index in [1.54, 1.807) is 17.1 Å². The molecule has 7 nitrogen and oxygen atoms in total. The number of β-amino-alcohol motifs (C(OH)–C–C–N with tert-alkyl or cyclic N) is 1. The molecule has 1 fully saturated rings. The summed E-state index contributed by atoms with van der Waals surface area (Å²) >= 11 is 0. The first-order valence-corrected chi connectivity index (χ1v) is 8.32. The number of rotatable bonds is 4. The van der Waals surface area contributed by atoms with Gasteiger partial charge in [0.05, 0.1) is 35.9 Å². The molecule has 126 valence electrons. The highest BCUT2D eigenvalue weighted by molar-refractivity contribution is 5.75. The van der Waals surface area contributed by atoms with Gasteiger partial charge in [-0.15, -0.1) is 5.10 Å². The third kappa shape index (κ3) is 2.92. The Kier molecular flexibility index (Phi) is 3.82. The van der Waals surface area contributed by atoms with Crippen molar-refractivity contribution >= 4 is 11.0 Å². The lowest BCUT2D eigenvalue weighted by Crippen LogP contribution is -2.50. The molecule has 3 heterocycles. The molecule has 1 atom stereocenters. The molecule has 1 aromatic carbocycles. The lowest BCUT2D eigenvalue weighted by atomic mass is 9.93. The fourth-order valence-corrected chi connectivity index (χ4v) is 3.63. The molecule has 24 heavy (non-hydrogen) atoms. The Morgan fingerprint density at radius 3 is 2.96 bits per heavy atom. The second-order valence-electron chi connectivity index (χ2n) is 6.71. The summed E-state index contributed by atoms with van der Waals surface area (Å²) in [6.45, 7) is 2.82. The minimum absolute atomic E-state index is 0.478. The number of imidazole rings is 1. The first-order chi connectivity index (χ1) is 11.6. The summed E-state index contributed by atoms with van der Waals surface area (Å²) in [5.74, 6) is 1.03. The number of likely N-dealkylation sites (tertiary alicyclic amines) is 1. The van der Waals surface area contributed by atoms with Crippen molar-refractivity contribution < 1.29 is 5.11 Å². The number of aliphatic hydroxyl groups is 1. The van der Waals surface area contributed by atoms with Crippen molar-refractivity contribution in [3.8, 4) is 0 Å². The number of nitrogens with zero attached hydrogens (tertiary/aromatic N) is 6. The van der Waals surface area contributed by atoms with Gasteiger partial charge >= 0.3 is 0 Å². The molecule has 0 amide bonds. The Morgan fingerprint density at radius 1 is 1.29 bits per heavy atom. The standard InChI is InChI=1S/C17H22N6O/c1-21-15-6-3-2-5-14(15)19-16(21)11-22-9-4-7-17(24,12-22)13-23-10-8-18-20-23/h2-3,5-6,8,10,24H,4,7,9,11-13H2,1H3. The maximum Gasteiger partial charge on any atom is 0.123 e. The van der Waals surface area contributed by atoms with Crippen molar-refractivity contribution in [3.63, 3.8) is 0 Å². The van der Waals surface area contributed by atoms with Gasteiger partial charge in [-0.3, -0.25) is 4.90 Å². The van der Waals surface area contributed by atoms with Crippen LogP contribution in [0.4, 0.5) is 0 Å². The number of piperidine rings is 1. The maximum absolute atomic E-state index is 10.9. The number of para-hydroxylation sites is 2. The van der Waals surface area contributed by atoms with Crippen molar-refractivity contribution in [3.05, 3.63) is 42.5 Å². The van der Waals surface area contributed by atoms with Crippen molar-refractivity contribution in [1.29, 1.82) is 0 Å². The van der Waals surface area contributed by atoms with Gasteiger partial charge in [0, 0.05) is 19.8 Å². The zero-order valence-corrected chi connectivity index (χ0v) is 13.8. The Balaban J connectivity index is 1.50. The van der Waals surface area contributed by atoms with Gasteiger partial charge in [0.2, 0.25) is 0 Å². The average molecular weight is 326 g/mol. The molecule has 7 heteroatoms. The van der Waals surface area contributed by atoms with Crippen LogP contribution in [0.5, 0.6) is 0 Å². The first-order valence-electron chi connectivity index (χ1n) is 8.32. The Bertz CT molecular complexity index is 827. The largest absolute Gasteiger partial charge is 0.387 e. The van der Waals surface area contributed by atoms with Crippen molar-refractivity contribution in [1.82, 2.24) is 29.4 Å². The maximum atomic E-state index is 10.9. The van der Waals surface area contributed by atoms with E-state index >= 15 is 0 Å². The van der Waals surface area contributed by atoms with Crippen molar-refractivity contribution in [2.24, 2.45) is 7.05 Å². The van der Waals surface area contributed by atoms with E-state index in [-0.39, 0.29) is 0 Å². The SMILES string of the molecule is Cn1c(CN2CCCC(O)(Cn3ccnn3)C2)nc2ccccc21. The molecular formula is C17H22N6O. The molecule has 0 spiro atoms. The molecule has 1 saturated heterocycles. The molecule has 1 aliphatic rings. The molecule has 1 N–H and O–H groups in total.